The molecule has 0 saturated heterocycles. The van der Waals surface area contributed by atoms with Crippen LogP contribution in [0.2, 0.25) is 0 Å². The van der Waals surface area contributed by atoms with Crippen molar-refractivity contribution >= 4 is 17.7 Å². The van der Waals surface area contributed by atoms with Gasteiger partial charge in [-0.15, -0.1) is 0 Å². The van der Waals surface area contributed by atoms with Gasteiger partial charge < -0.3 is 20.1 Å². The van der Waals surface area contributed by atoms with E-state index in [1.807, 2.05) is 0 Å². The van der Waals surface area contributed by atoms with Gasteiger partial charge >= 0.3 is 12.0 Å². The first-order chi connectivity index (χ1) is 9.47. The largest absolute Gasteiger partial charge is 0.468 e. The first-order valence-electron chi connectivity index (χ1n) is 6.38. The lowest BCUT2D eigenvalue weighted by Crippen LogP contribution is -2.38. The van der Waals surface area contributed by atoms with E-state index in [-0.39, 0.29) is 12.6 Å². The molecule has 0 aliphatic heterocycles. The zero-order chi connectivity index (χ0) is 15.1. The molecule has 0 aliphatic carbocycles. The Balaban J connectivity index is 2.66. The van der Waals surface area contributed by atoms with Gasteiger partial charge in [-0.1, -0.05) is 12.1 Å². The van der Waals surface area contributed by atoms with E-state index < -0.39 is 12.1 Å². The lowest BCUT2D eigenvalue weighted by atomic mass is 10.1. The van der Waals surface area contributed by atoms with E-state index in [0.717, 1.165) is 5.56 Å². The van der Waals surface area contributed by atoms with Crippen LogP contribution in [0.15, 0.2) is 24.3 Å². The van der Waals surface area contributed by atoms with Crippen LogP contribution in [-0.2, 0) is 9.53 Å². The number of benzene rings is 1. The van der Waals surface area contributed by atoms with E-state index in [9.17, 15) is 14.7 Å². The summed E-state index contributed by atoms with van der Waals surface area (Å²) in [4.78, 5) is 24.5. The summed E-state index contributed by atoms with van der Waals surface area (Å²) in [7, 11) is 1.28. The van der Waals surface area contributed by atoms with Gasteiger partial charge in [0.15, 0.2) is 0 Å². The predicted octanol–water partition coefficient (Wildman–Crippen LogP) is 1.77. The normalized spacial score (nSPS) is 11.6. The number of rotatable bonds is 5. The second kappa shape index (κ2) is 7.49. The summed E-state index contributed by atoms with van der Waals surface area (Å²) in [6.45, 7) is 3.75. The van der Waals surface area contributed by atoms with Crippen molar-refractivity contribution in [1.29, 1.82) is 0 Å². The number of amides is 2. The Morgan fingerprint density at radius 1 is 1.35 bits per heavy atom. The van der Waals surface area contributed by atoms with Crippen molar-refractivity contribution in [2.45, 2.75) is 20.0 Å². The number of anilines is 1. The molecule has 0 radical (unpaired) electrons. The van der Waals surface area contributed by atoms with Crippen LogP contribution < -0.4 is 5.32 Å². The molecule has 20 heavy (non-hydrogen) atoms. The molecule has 0 fully saturated rings. The van der Waals surface area contributed by atoms with Gasteiger partial charge in [0.05, 0.1) is 13.2 Å². The zero-order valence-corrected chi connectivity index (χ0v) is 11.9. The fourth-order valence-electron chi connectivity index (χ4n) is 1.60. The third-order valence-corrected chi connectivity index (χ3v) is 2.86. The SMILES string of the molecule is CCN(CC(=O)OC)C(=O)Nc1ccc(C(C)O)cc1. The van der Waals surface area contributed by atoms with Crippen LogP contribution in [0.3, 0.4) is 0 Å². The third kappa shape index (κ3) is 4.55. The molecule has 110 valence electrons. The van der Waals surface area contributed by atoms with Gasteiger partial charge in [0.25, 0.3) is 0 Å². The van der Waals surface area contributed by atoms with E-state index >= 15 is 0 Å². The average molecular weight is 280 g/mol. The number of nitrogens with one attached hydrogen (secondary N) is 1. The highest BCUT2D eigenvalue weighted by atomic mass is 16.5. The summed E-state index contributed by atoms with van der Waals surface area (Å²) in [6.07, 6.45) is -0.550. The molecule has 0 spiro atoms. The standard InChI is InChI=1S/C14H20N2O4/c1-4-16(9-13(18)20-3)14(19)15-12-7-5-11(6-8-12)10(2)17/h5-8,10,17H,4,9H2,1-3H3,(H,15,19). The van der Waals surface area contributed by atoms with Gasteiger partial charge in [0.2, 0.25) is 0 Å². The highest BCUT2D eigenvalue weighted by Gasteiger charge is 2.15. The Labute approximate surface area is 118 Å². The van der Waals surface area contributed by atoms with E-state index in [4.69, 9.17) is 0 Å². The lowest BCUT2D eigenvalue weighted by Gasteiger charge is -2.20. The van der Waals surface area contributed by atoms with Crippen LogP contribution >= 0.6 is 0 Å². The molecule has 1 rings (SSSR count). The Morgan fingerprint density at radius 2 is 1.95 bits per heavy atom. The van der Waals surface area contributed by atoms with E-state index in [2.05, 4.69) is 10.1 Å². The zero-order valence-electron chi connectivity index (χ0n) is 11.9. The van der Waals surface area contributed by atoms with Crippen molar-refractivity contribution in [3.05, 3.63) is 29.8 Å². The van der Waals surface area contributed by atoms with E-state index in [0.29, 0.717) is 12.2 Å². The highest BCUT2D eigenvalue weighted by Crippen LogP contribution is 2.15. The summed E-state index contributed by atoms with van der Waals surface area (Å²) < 4.78 is 4.54. The molecule has 1 aromatic carbocycles. The molecule has 0 aromatic heterocycles. The van der Waals surface area contributed by atoms with Gasteiger partial charge in [0.1, 0.15) is 6.54 Å². The van der Waals surface area contributed by atoms with Gasteiger partial charge in [-0.2, -0.15) is 0 Å². The topological polar surface area (TPSA) is 78.9 Å². The Hall–Kier alpha value is -2.08. The highest BCUT2D eigenvalue weighted by molar-refractivity contribution is 5.91. The number of ether oxygens (including phenoxy) is 1. The Bertz CT molecular complexity index is 457. The quantitative estimate of drug-likeness (QED) is 0.806. The summed E-state index contributed by atoms with van der Waals surface area (Å²) in [5.74, 6) is -0.466. The van der Waals surface area contributed by atoms with Crippen LogP contribution in [0, 0.1) is 0 Å². The Morgan fingerprint density at radius 3 is 2.40 bits per heavy atom. The molecule has 6 heteroatoms. The van der Waals surface area contributed by atoms with Crippen LogP contribution in [0.4, 0.5) is 10.5 Å². The summed E-state index contributed by atoms with van der Waals surface area (Å²) in [6, 6.07) is 6.49. The summed E-state index contributed by atoms with van der Waals surface area (Å²) >= 11 is 0. The van der Waals surface area contributed by atoms with Gasteiger partial charge in [-0.25, -0.2) is 4.79 Å². The van der Waals surface area contributed by atoms with Gasteiger partial charge in [0, 0.05) is 12.2 Å². The fourth-order valence-corrected chi connectivity index (χ4v) is 1.60. The van der Waals surface area contributed by atoms with Crippen molar-refractivity contribution in [3.63, 3.8) is 0 Å². The second-order valence-electron chi connectivity index (χ2n) is 4.32. The van der Waals surface area contributed by atoms with Crippen molar-refractivity contribution in [1.82, 2.24) is 4.90 Å². The van der Waals surface area contributed by atoms with E-state index in [1.165, 1.54) is 12.0 Å². The molecule has 0 heterocycles. The van der Waals surface area contributed by atoms with E-state index in [1.54, 1.807) is 38.1 Å². The van der Waals surface area contributed by atoms with Gasteiger partial charge in [-0.3, -0.25) is 4.79 Å². The number of hydrogen-bond donors (Lipinski definition) is 2. The number of aliphatic hydroxyl groups excluding tert-OH is 1. The molecule has 0 saturated carbocycles. The van der Waals surface area contributed by atoms with Crippen molar-refractivity contribution in [2.24, 2.45) is 0 Å². The molecule has 0 bridgehead atoms. The number of carbonyl (C=O) groups is 2. The number of likely N-dealkylation sites (N-methyl/N-ethyl adjacent to an activating group) is 1. The maximum absolute atomic E-state index is 12.0. The molecular weight excluding hydrogens is 260 g/mol. The minimum atomic E-state index is -0.550. The molecule has 0 aliphatic rings. The average Bonchev–Trinajstić information content (AvgIpc) is 2.44. The lowest BCUT2D eigenvalue weighted by molar-refractivity contribution is -0.141. The molecule has 6 nitrogen and oxygen atoms in total. The Kier molecular flexibility index (Phi) is 5.99. The molecular formula is C14H20N2O4. The molecule has 1 atom stereocenters. The third-order valence-electron chi connectivity index (χ3n) is 2.86. The monoisotopic (exact) mass is 280 g/mol. The fraction of sp³-hybridized carbons (Fsp3) is 0.429. The van der Waals surface area contributed by atoms with Crippen LogP contribution in [0.5, 0.6) is 0 Å². The first kappa shape index (κ1) is 16.0. The summed E-state index contributed by atoms with van der Waals surface area (Å²) in [5.41, 5.74) is 1.37. The van der Waals surface area contributed by atoms with Crippen LogP contribution in [0.1, 0.15) is 25.5 Å². The number of methoxy groups -OCH3 is 1. The molecule has 1 aromatic rings. The van der Waals surface area contributed by atoms with Crippen LogP contribution in [-0.4, -0.2) is 42.2 Å². The minimum Gasteiger partial charge on any atom is -0.468 e. The van der Waals surface area contributed by atoms with Gasteiger partial charge in [-0.05, 0) is 31.5 Å². The number of carbonyl (C=O) groups excluding carboxylic acids is 2. The number of aliphatic hydroxyl groups is 1. The van der Waals surface area contributed by atoms with Crippen LogP contribution in [0.25, 0.3) is 0 Å². The number of urea groups is 1. The second-order valence-corrected chi connectivity index (χ2v) is 4.32. The first-order valence-corrected chi connectivity index (χ1v) is 6.38. The van der Waals surface area contributed by atoms with Crippen molar-refractivity contribution in [3.8, 4) is 0 Å². The molecule has 2 N–H and O–H groups in total. The number of nitrogens with zero attached hydrogens (tertiary/aromatic N) is 1. The summed E-state index contributed by atoms with van der Waals surface area (Å²) in [5, 5.41) is 12.1. The maximum atomic E-state index is 12.0. The smallest absolute Gasteiger partial charge is 0.325 e. The van der Waals surface area contributed by atoms with Crippen molar-refractivity contribution < 1.29 is 19.4 Å². The minimum absolute atomic E-state index is 0.0927. The molecule has 2 amide bonds. The number of esters is 1. The maximum Gasteiger partial charge on any atom is 0.325 e. The predicted molar refractivity (Wildman–Crippen MR) is 75.4 cm³/mol. The molecule has 1 unspecified atom stereocenters. The number of hydrogen-bond acceptors (Lipinski definition) is 4. The van der Waals surface area contributed by atoms with Crippen molar-refractivity contribution in [2.75, 3.05) is 25.5 Å².